The lowest BCUT2D eigenvalue weighted by molar-refractivity contribution is -0.149. The third kappa shape index (κ3) is 2.20. The van der Waals surface area contributed by atoms with E-state index in [1.165, 1.54) is 0 Å². The Bertz CT molecular complexity index is 321. The van der Waals surface area contributed by atoms with E-state index in [0.29, 0.717) is 0 Å². The van der Waals surface area contributed by atoms with Crippen molar-refractivity contribution in [1.29, 1.82) is 0 Å². The molecule has 3 heteroatoms. The molecule has 0 saturated carbocycles. The van der Waals surface area contributed by atoms with Crippen LogP contribution >= 0.6 is 0 Å². The predicted molar refractivity (Wildman–Crippen MR) is 56.3 cm³/mol. The second-order valence-corrected chi connectivity index (χ2v) is 4.19. The molecule has 2 rings (SSSR count). The van der Waals surface area contributed by atoms with Gasteiger partial charge in [-0.1, -0.05) is 30.3 Å². The SMILES string of the molecule is CC1(C)O[C@@H](CO)[C@@H](c2ccccc2)O1. The fraction of sp³-hybridized carbons (Fsp3) is 0.500. The van der Waals surface area contributed by atoms with Crippen LogP contribution in [0.25, 0.3) is 0 Å². The van der Waals surface area contributed by atoms with E-state index in [9.17, 15) is 5.11 Å². The zero-order valence-corrected chi connectivity index (χ0v) is 9.01. The lowest BCUT2D eigenvalue weighted by Gasteiger charge is -2.16. The average molecular weight is 208 g/mol. The molecule has 1 heterocycles. The summed E-state index contributed by atoms with van der Waals surface area (Å²) < 4.78 is 11.3. The largest absolute Gasteiger partial charge is 0.394 e. The molecule has 1 aromatic carbocycles. The van der Waals surface area contributed by atoms with E-state index in [2.05, 4.69) is 0 Å². The molecule has 0 spiro atoms. The van der Waals surface area contributed by atoms with Crippen LogP contribution in [0.3, 0.4) is 0 Å². The molecule has 82 valence electrons. The summed E-state index contributed by atoms with van der Waals surface area (Å²) in [5.41, 5.74) is 1.04. The number of aliphatic hydroxyl groups is 1. The molecule has 1 aliphatic heterocycles. The van der Waals surface area contributed by atoms with Crippen molar-refractivity contribution < 1.29 is 14.6 Å². The van der Waals surface area contributed by atoms with Gasteiger partial charge in [0.25, 0.3) is 0 Å². The van der Waals surface area contributed by atoms with E-state index in [1.54, 1.807) is 0 Å². The van der Waals surface area contributed by atoms with Crippen molar-refractivity contribution in [2.24, 2.45) is 0 Å². The Morgan fingerprint density at radius 3 is 2.47 bits per heavy atom. The molecule has 1 saturated heterocycles. The van der Waals surface area contributed by atoms with Crippen LogP contribution < -0.4 is 0 Å². The molecule has 3 nitrogen and oxygen atoms in total. The van der Waals surface area contributed by atoms with Gasteiger partial charge in [-0.15, -0.1) is 0 Å². The highest BCUT2D eigenvalue weighted by Crippen LogP contribution is 2.37. The molecular weight excluding hydrogens is 192 g/mol. The van der Waals surface area contributed by atoms with Crippen LogP contribution in [0.15, 0.2) is 30.3 Å². The third-order valence-electron chi connectivity index (χ3n) is 2.49. The van der Waals surface area contributed by atoms with E-state index < -0.39 is 5.79 Å². The van der Waals surface area contributed by atoms with Gasteiger partial charge in [0.1, 0.15) is 12.2 Å². The standard InChI is InChI=1S/C12H16O3/c1-12(2)14-10(8-13)11(15-12)9-6-4-3-5-7-9/h3-7,10-11,13H,8H2,1-2H3/t10-,11+/m0/s1. The molecule has 2 atom stereocenters. The zero-order chi connectivity index (χ0) is 10.9. The molecule has 0 bridgehead atoms. The molecule has 1 aliphatic rings. The van der Waals surface area contributed by atoms with Gasteiger partial charge in [0.2, 0.25) is 0 Å². The van der Waals surface area contributed by atoms with Crippen LogP contribution in [0.1, 0.15) is 25.5 Å². The van der Waals surface area contributed by atoms with Gasteiger partial charge in [0.15, 0.2) is 5.79 Å². The minimum absolute atomic E-state index is 0.0248. The predicted octanol–water partition coefficient (Wildman–Crippen LogP) is 1.87. The van der Waals surface area contributed by atoms with Crippen LogP contribution in [-0.4, -0.2) is 23.6 Å². The van der Waals surface area contributed by atoms with Crippen molar-refractivity contribution in [2.75, 3.05) is 6.61 Å². The lowest BCUT2D eigenvalue weighted by Crippen LogP contribution is -2.23. The van der Waals surface area contributed by atoms with Gasteiger partial charge in [-0.2, -0.15) is 0 Å². The van der Waals surface area contributed by atoms with Crippen LogP contribution in [0.2, 0.25) is 0 Å². The Balaban J connectivity index is 2.22. The summed E-state index contributed by atoms with van der Waals surface area (Å²) in [5, 5.41) is 9.22. The quantitative estimate of drug-likeness (QED) is 0.806. The van der Waals surface area contributed by atoms with Gasteiger partial charge in [-0.3, -0.25) is 0 Å². The van der Waals surface area contributed by atoms with E-state index >= 15 is 0 Å². The average Bonchev–Trinajstić information content (AvgIpc) is 2.55. The molecule has 0 aromatic heterocycles. The number of aliphatic hydroxyl groups excluding tert-OH is 1. The molecule has 15 heavy (non-hydrogen) atoms. The summed E-state index contributed by atoms with van der Waals surface area (Å²) in [5.74, 6) is -0.617. The Labute approximate surface area is 89.6 Å². The summed E-state index contributed by atoms with van der Waals surface area (Å²) in [7, 11) is 0. The summed E-state index contributed by atoms with van der Waals surface area (Å²) in [6.07, 6.45) is -0.450. The first-order valence-corrected chi connectivity index (χ1v) is 5.14. The summed E-state index contributed by atoms with van der Waals surface area (Å²) in [4.78, 5) is 0. The first-order valence-electron chi connectivity index (χ1n) is 5.14. The normalized spacial score (nSPS) is 29.3. The maximum Gasteiger partial charge on any atom is 0.164 e. The molecule has 0 radical (unpaired) electrons. The molecular formula is C12H16O3. The van der Waals surface area contributed by atoms with Gasteiger partial charge < -0.3 is 14.6 Å². The molecule has 1 aromatic rings. The second kappa shape index (κ2) is 3.93. The fourth-order valence-corrected chi connectivity index (χ4v) is 1.89. The van der Waals surface area contributed by atoms with Gasteiger partial charge in [0, 0.05) is 0 Å². The number of hydrogen-bond acceptors (Lipinski definition) is 3. The minimum Gasteiger partial charge on any atom is -0.394 e. The number of rotatable bonds is 2. The van der Waals surface area contributed by atoms with Crippen molar-refractivity contribution in [1.82, 2.24) is 0 Å². The summed E-state index contributed by atoms with van der Waals surface area (Å²) in [6, 6.07) is 9.84. The molecule has 0 unspecified atom stereocenters. The minimum atomic E-state index is -0.617. The van der Waals surface area contributed by atoms with Crippen molar-refractivity contribution >= 4 is 0 Å². The number of ether oxygens (including phenoxy) is 2. The lowest BCUT2D eigenvalue weighted by atomic mass is 10.1. The molecule has 1 fully saturated rings. The van der Waals surface area contributed by atoms with E-state index in [0.717, 1.165) is 5.56 Å². The van der Waals surface area contributed by atoms with Crippen LogP contribution in [-0.2, 0) is 9.47 Å². The highest BCUT2D eigenvalue weighted by Gasteiger charge is 2.41. The van der Waals surface area contributed by atoms with Crippen LogP contribution in [0, 0.1) is 0 Å². The highest BCUT2D eigenvalue weighted by molar-refractivity contribution is 5.19. The van der Waals surface area contributed by atoms with E-state index in [4.69, 9.17) is 9.47 Å². The first kappa shape index (κ1) is 10.6. The van der Waals surface area contributed by atoms with Crippen LogP contribution in [0.5, 0.6) is 0 Å². The van der Waals surface area contributed by atoms with E-state index in [1.807, 2.05) is 44.2 Å². The third-order valence-corrected chi connectivity index (χ3v) is 2.49. The van der Waals surface area contributed by atoms with Gasteiger partial charge in [0.05, 0.1) is 6.61 Å². The van der Waals surface area contributed by atoms with Crippen molar-refractivity contribution in [2.45, 2.75) is 31.8 Å². The second-order valence-electron chi connectivity index (χ2n) is 4.19. The zero-order valence-electron chi connectivity index (χ0n) is 9.01. The maximum atomic E-state index is 9.22. The van der Waals surface area contributed by atoms with Crippen molar-refractivity contribution in [3.63, 3.8) is 0 Å². The Morgan fingerprint density at radius 1 is 1.20 bits per heavy atom. The Morgan fingerprint density at radius 2 is 1.87 bits per heavy atom. The fourth-order valence-electron chi connectivity index (χ4n) is 1.89. The number of benzene rings is 1. The summed E-state index contributed by atoms with van der Waals surface area (Å²) >= 11 is 0. The smallest absolute Gasteiger partial charge is 0.164 e. The highest BCUT2D eigenvalue weighted by atomic mass is 16.8. The van der Waals surface area contributed by atoms with Gasteiger partial charge in [-0.25, -0.2) is 0 Å². The first-order chi connectivity index (χ1) is 7.12. The summed E-state index contributed by atoms with van der Waals surface area (Å²) in [6.45, 7) is 3.69. The van der Waals surface area contributed by atoms with Gasteiger partial charge >= 0.3 is 0 Å². The topological polar surface area (TPSA) is 38.7 Å². The Hall–Kier alpha value is -0.900. The monoisotopic (exact) mass is 208 g/mol. The number of hydrogen-bond donors (Lipinski definition) is 1. The van der Waals surface area contributed by atoms with Crippen molar-refractivity contribution in [3.8, 4) is 0 Å². The van der Waals surface area contributed by atoms with E-state index in [-0.39, 0.29) is 18.8 Å². The maximum absolute atomic E-state index is 9.22. The van der Waals surface area contributed by atoms with Crippen LogP contribution in [0.4, 0.5) is 0 Å². The van der Waals surface area contributed by atoms with Gasteiger partial charge in [-0.05, 0) is 19.4 Å². The molecule has 0 amide bonds. The van der Waals surface area contributed by atoms with Crippen molar-refractivity contribution in [3.05, 3.63) is 35.9 Å². The Kier molecular flexibility index (Phi) is 2.78. The molecule has 0 aliphatic carbocycles. The molecule has 1 N–H and O–H groups in total.